The molecule has 1 heterocycles. The molecule has 0 amide bonds. The van der Waals surface area contributed by atoms with Crippen LogP contribution in [-0.2, 0) is 0 Å². The van der Waals surface area contributed by atoms with Gasteiger partial charge in [0.2, 0.25) is 0 Å². The molecule has 3 heteroatoms. The molecule has 82 valence electrons. The van der Waals surface area contributed by atoms with Crippen molar-refractivity contribution in [3.63, 3.8) is 0 Å². The van der Waals surface area contributed by atoms with E-state index in [1.807, 2.05) is 0 Å². The highest BCUT2D eigenvalue weighted by molar-refractivity contribution is 6.20. The van der Waals surface area contributed by atoms with Crippen LogP contribution in [0.2, 0.25) is 0 Å². The summed E-state index contributed by atoms with van der Waals surface area (Å²) in [4.78, 5) is 4.52. The molecule has 0 aromatic rings. The van der Waals surface area contributed by atoms with Gasteiger partial charge in [-0.05, 0) is 41.5 Å². The predicted molar refractivity (Wildman–Crippen MR) is 62.0 cm³/mol. The van der Waals surface area contributed by atoms with Crippen molar-refractivity contribution >= 4 is 11.6 Å². The summed E-state index contributed by atoms with van der Waals surface area (Å²) in [6, 6.07) is 0.910. The molecule has 1 aliphatic rings. The molecule has 0 fully saturated rings. The Bertz CT molecular complexity index is 222. The Hall–Kier alpha value is -0.370. The summed E-state index contributed by atoms with van der Waals surface area (Å²) in [5.41, 5.74) is 2.58. The second kappa shape index (κ2) is 4.01. The van der Waals surface area contributed by atoms with Gasteiger partial charge < -0.3 is 9.80 Å². The van der Waals surface area contributed by atoms with Gasteiger partial charge in [-0.3, -0.25) is 0 Å². The lowest BCUT2D eigenvalue weighted by Gasteiger charge is -2.34. The second-order valence-corrected chi connectivity index (χ2v) is 4.87. The summed E-state index contributed by atoms with van der Waals surface area (Å²) in [5.74, 6) is 0. The van der Waals surface area contributed by atoms with E-state index >= 15 is 0 Å². The monoisotopic (exact) mass is 216 g/mol. The fourth-order valence-corrected chi connectivity index (χ4v) is 2.84. The van der Waals surface area contributed by atoms with Gasteiger partial charge >= 0.3 is 0 Å². The van der Waals surface area contributed by atoms with E-state index in [2.05, 4.69) is 51.3 Å². The third kappa shape index (κ3) is 1.72. The molecule has 0 spiro atoms. The van der Waals surface area contributed by atoms with E-state index in [1.54, 1.807) is 0 Å². The molecule has 14 heavy (non-hydrogen) atoms. The summed E-state index contributed by atoms with van der Waals surface area (Å²) < 4.78 is 0. The van der Waals surface area contributed by atoms with Crippen LogP contribution in [0.4, 0.5) is 0 Å². The number of allylic oxidation sites excluding steroid dienone is 2. The van der Waals surface area contributed by atoms with Gasteiger partial charge in [0.05, 0.1) is 0 Å². The Morgan fingerprint density at radius 3 is 1.36 bits per heavy atom. The first kappa shape index (κ1) is 11.7. The van der Waals surface area contributed by atoms with Gasteiger partial charge in [-0.15, -0.1) is 0 Å². The van der Waals surface area contributed by atoms with E-state index in [4.69, 9.17) is 11.6 Å². The van der Waals surface area contributed by atoms with Crippen molar-refractivity contribution in [2.24, 2.45) is 0 Å². The number of hydrogen-bond acceptors (Lipinski definition) is 2. The van der Waals surface area contributed by atoms with Crippen molar-refractivity contribution < 1.29 is 0 Å². The van der Waals surface area contributed by atoms with E-state index in [0.29, 0.717) is 12.1 Å². The summed E-state index contributed by atoms with van der Waals surface area (Å²) in [6.07, 6.45) is 0. The fourth-order valence-electron chi connectivity index (χ4n) is 2.09. The molecule has 1 aliphatic heterocycles. The summed E-state index contributed by atoms with van der Waals surface area (Å²) >= 11 is 6.43. The molecule has 0 saturated carbocycles. The largest absolute Gasteiger partial charge is 0.338 e. The highest BCUT2D eigenvalue weighted by Gasteiger charge is 2.35. The van der Waals surface area contributed by atoms with Crippen LogP contribution in [-0.4, -0.2) is 27.5 Å². The SMILES string of the molecule is CC1=C(C)N(C(C)C)C(Cl)N1C(C)C. The van der Waals surface area contributed by atoms with Gasteiger partial charge in [-0.25, -0.2) is 0 Å². The lowest BCUT2D eigenvalue weighted by atomic mass is 10.3. The van der Waals surface area contributed by atoms with Gasteiger partial charge in [0.15, 0.2) is 5.62 Å². The number of hydrogen-bond donors (Lipinski definition) is 0. The highest BCUT2D eigenvalue weighted by Crippen LogP contribution is 2.34. The third-order valence-electron chi connectivity index (χ3n) is 2.87. The zero-order chi connectivity index (χ0) is 11.0. The zero-order valence-corrected chi connectivity index (χ0v) is 10.8. The van der Waals surface area contributed by atoms with Crippen LogP contribution in [0.1, 0.15) is 41.5 Å². The lowest BCUT2D eigenvalue weighted by molar-refractivity contribution is 0.154. The molecule has 1 rings (SSSR count). The van der Waals surface area contributed by atoms with Gasteiger partial charge in [0, 0.05) is 23.5 Å². The predicted octanol–water partition coefficient (Wildman–Crippen LogP) is 3.19. The van der Waals surface area contributed by atoms with Gasteiger partial charge in [0.25, 0.3) is 0 Å². The molecular weight excluding hydrogens is 196 g/mol. The number of nitrogens with zero attached hydrogens (tertiary/aromatic N) is 2. The maximum atomic E-state index is 6.43. The molecule has 0 atom stereocenters. The van der Waals surface area contributed by atoms with Crippen LogP contribution in [0.3, 0.4) is 0 Å². The van der Waals surface area contributed by atoms with Crippen molar-refractivity contribution in [2.75, 3.05) is 0 Å². The van der Waals surface area contributed by atoms with Crippen LogP contribution in [0.15, 0.2) is 11.4 Å². The minimum absolute atomic E-state index is 0.0185. The van der Waals surface area contributed by atoms with Crippen molar-refractivity contribution in [3.05, 3.63) is 11.4 Å². The highest BCUT2D eigenvalue weighted by atomic mass is 35.5. The van der Waals surface area contributed by atoms with E-state index in [1.165, 1.54) is 11.4 Å². The van der Waals surface area contributed by atoms with Crippen LogP contribution < -0.4 is 0 Å². The molecule has 0 saturated heterocycles. The first-order chi connectivity index (χ1) is 6.37. The molecule has 2 nitrogen and oxygen atoms in total. The van der Waals surface area contributed by atoms with Crippen molar-refractivity contribution in [3.8, 4) is 0 Å². The Kier molecular flexibility index (Phi) is 3.36. The van der Waals surface area contributed by atoms with Crippen molar-refractivity contribution in [1.82, 2.24) is 9.80 Å². The number of alkyl halides is 1. The molecule has 0 bridgehead atoms. The third-order valence-corrected chi connectivity index (χ3v) is 3.29. The van der Waals surface area contributed by atoms with Crippen molar-refractivity contribution in [2.45, 2.75) is 59.3 Å². The lowest BCUT2D eigenvalue weighted by Crippen LogP contribution is -2.42. The minimum Gasteiger partial charge on any atom is -0.338 e. The molecule has 0 aromatic carbocycles. The summed E-state index contributed by atoms with van der Waals surface area (Å²) in [7, 11) is 0. The van der Waals surface area contributed by atoms with E-state index in [-0.39, 0.29) is 5.62 Å². The summed E-state index contributed by atoms with van der Waals surface area (Å²) in [6.45, 7) is 13.0. The summed E-state index contributed by atoms with van der Waals surface area (Å²) in [5, 5.41) is 0. The standard InChI is InChI=1S/C11H21ClN2/c1-7(2)13-9(5)10(6)14(8(3)4)11(13)12/h7-8,11H,1-6H3. The topological polar surface area (TPSA) is 6.48 Å². The van der Waals surface area contributed by atoms with Crippen LogP contribution in [0, 0.1) is 0 Å². The van der Waals surface area contributed by atoms with Crippen LogP contribution >= 0.6 is 11.6 Å². The Labute approximate surface area is 92.5 Å². The van der Waals surface area contributed by atoms with E-state index in [9.17, 15) is 0 Å². The second-order valence-electron chi connectivity index (χ2n) is 4.48. The average molecular weight is 217 g/mol. The Morgan fingerprint density at radius 2 is 1.21 bits per heavy atom. The van der Waals surface area contributed by atoms with Gasteiger partial charge in [-0.2, -0.15) is 0 Å². The Morgan fingerprint density at radius 1 is 0.929 bits per heavy atom. The normalized spacial score (nSPS) is 19.5. The molecule has 0 N–H and O–H groups in total. The van der Waals surface area contributed by atoms with Gasteiger partial charge in [0.1, 0.15) is 0 Å². The first-order valence-electron chi connectivity index (χ1n) is 5.26. The molecule has 0 aromatic heterocycles. The molecule has 0 aliphatic carbocycles. The smallest absolute Gasteiger partial charge is 0.180 e. The Balaban J connectivity index is 2.98. The minimum atomic E-state index is -0.0185. The van der Waals surface area contributed by atoms with Crippen molar-refractivity contribution in [1.29, 1.82) is 0 Å². The fraction of sp³-hybridized carbons (Fsp3) is 0.818. The number of rotatable bonds is 2. The molecule has 0 radical (unpaired) electrons. The quantitative estimate of drug-likeness (QED) is 0.517. The van der Waals surface area contributed by atoms with Gasteiger partial charge in [-0.1, -0.05) is 11.6 Å². The number of halogens is 1. The van der Waals surface area contributed by atoms with Crippen LogP contribution in [0.25, 0.3) is 0 Å². The van der Waals surface area contributed by atoms with E-state index < -0.39 is 0 Å². The molecular formula is C11H21ClN2. The first-order valence-corrected chi connectivity index (χ1v) is 5.69. The molecule has 0 unspecified atom stereocenters. The zero-order valence-electron chi connectivity index (χ0n) is 10.0. The van der Waals surface area contributed by atoms with Crippen LogP contribution in [0.5, 0.6) is 0 Å². The average Bonchev–Trinajstić information content (AvgIpc) is 2.23. The maximum Gasteiger partial charge on any atom is 0.180 e. The maximum absolute atomic E-state index is 6.43. The van der Waals surface area contributed by atoms with E-state index in [0.717, 1.165) is 0 Å².